The summed E-state index contributed by atoms with van der Waals surface area (Å²) in [7, 11) is 0. The van der Waals surface area contributed by atoms with Crippen LogP contribution in [0, 0.1) is 5.92 Å². The van der Waals surface area contributed by atoms with Gasteiger partial charge < -0.3 is 20.3 Å². The number of aliphatic hydroxyl groups is 2. The van der Waals surface area contributed by atoms with Gasteiger partial charge in [-0.25, -0.2) is 4.98 Å². The molecule has 0 saturated carbocycles. The molecule has 3 rings (SSSR count). The highest BCUT2D eigenvalue weighted by atomic mass is 16.5. The van der Waals surface area contributed by atoms with Crippen LogP contribution in [0.4, 0.5) is 5.95 Å². The highest BCUT2D eigenvalue weighted by Crippen LogP contribution is 2.30. The van der Waals surface area contributed by atoms with Gasteiger partial charge in [-0.2, -0.15) is 4.98 Å². The molecule has 0 spiro atoms. The zero-order chi connectivity index (χ0) is 16.6. The molecule has 1 saturated heterocycles. The van der Waals surface area contributed by atoms with Crippen LogP contribution in [-0.4, -0.2) is 55.1 Å². The van der Waals surface area contributed by atoms with Crippen LogP contribution in [0.25, 0.3) is 11.2 Å². The van der Waals surface area contributed by atoms with Crippen molar-refractivity contribution in [2.75, 3.05) is 18.5 Å². The molecule has 3 heterocycles. The van der Waals surface area contributed by atoms with Gasteiger partial charge >= 0.3 is 0 Å². The van der Waals surface area contributed by atoms with Crippen LogP contribution in [0.3, 0.4) is 0 Å². The minimum Gasteiger partial charge on any atom is -0.394 e. The number of H-pyrrole nitrogens is 1. The fourth-order valence-corrected chi connectivity index (χ4v) is 2.57. The van der Waals surface area contributed by atoms with Crippen molar-refractivity contribution in [1.29, 1.82) is 0 Å². The number of fused-ring (bicyclic) bond motifs is 1. The summed E-state index contributed by atoms with van der Waals surface area (Å²) in [5.74, 6) is 0.773. The molecule has 9 nitrogen and oxygen atoms in total. The lowest BCUT2D eigenvalue weighted by atomic mass is 10.2. The zero-order valence-corrected chi connectivity index (χ0v) is 13.1. The van der Waals surface area contributed by atoms with Gasteiger partial charge in [-0.05, 0) is 5.92 Å². The second-order valence-electron chi connectivity index (χ2n) is 6.13. The van der Waals surface area contributed by atoms with E-state index in [0.717, 1.165) is 0 Å². The van der Waals surface area contributed by atoms with Gasteiger partial charge in [-0.1, -0.05) is 13.8 Å². The fraction of sp³-hybridized carbons (Fsp3) is 0.643. The smallest absolute Gasteiger partial charge is 0.280 e. The van der Waals surface area contributed by atoms with Crippen LogP contribution >= 0.6 is 0 Å². The van der Waals surface area contributed by atoms with Gasteiger partial charge in [0.25, 0.3) is 5.56 Å². The lowest BCUT2D eigenvalue weighted by Gasteiger charge is -2.14. The molecule has 4 N–H and O–H groups in total. The molecule has 0 amide bonds. The van der Waals surface area contributed by atoms with E-state index in [2.05, 4.69) is 34.1 Å². The van der Waals surface area contributed by atoms with Crippen molar-refractivity contribution in [3.63, 3.8) is 0 Å². The van der Waals surface area contributed by atoms with Crippen molar-refractivity contribution < 1.29 is 14.9 Å². The van der Waals surface area contributed by atoms with Crippen LogP contribution in [-0.2, 0) is 4.74 Å². The van der Waals surface area contributed by atoms with E-state index in [0.29, 0.717) is 30.5 Å². The number of ether oxygens (including phenoxy) is 1. The molecular formula is C14H21N5O4. The summed E-state index contributed by atoms with van der Waals surface area (Å²) < 4.78 is 7.22. The lowest BCUT2D eigenvalue weighted by molar-refractivity contribution is -0.0432. The Kier molecular flexibility index (Phi) is 4.33. The van der Waals surface area contributed by atoms with Crippen molar-refractivity contribution in [1.82, 2.24) is 19.5 Å². The summed E-state index contributed by atoms with van der Waals surface area (Å²) in [6.45, 7) is 4.51. The molecule has 3 unspecified atom stereocenters. The van der Waals surface area contributed by atoms with Crippen molar-refractivity contribution >= 4 is 17.1 Å². The average molecular weight is 323 g/mol. The number of aromatic nitrogens is 4. The molecule has 1 aliphatic rings. The molecule has 0 aromatic carbocycles. The summed E-state index contributed by atoms with van der Waals surface area (Å²) in [6, 6.07) is 0. The standard InChI is InChI=1S/C14H21N5O4/c1-7(2)4-15-14-17-12-11(13(22)18-14)16-6-19(12)10-3-8(21)9(5-20)23-10/h6-10,20-21H,3-5H2,1-2H3,(H2,15,17,18,22). The second-order valence-corrected chi connectivity index (χ2v) is 6.13. The van der Waals surface area contributed by atoms with E-state index in [-0.39, 0.29) is 17.7 Å². The maximum absolute atomic E-state index is 12.1. The number of rotatable bonds is 5. The highest BCUT2D eigenvalue weighted by molar-refractivity contribution is 5.70. The normalized spacial score (nSPS) is 24.7. The summed E-state index contributed by atoms with van der Waals surface area (Å²) in [6.07, 6.45) is -0.142. The molecule has 23 heavy (non-hydrogen) atoms. The topological polar surface area (TPSA) is 125 Å². The first-order chi connectivity index (χ1) is 11.0. The average Bonchev–Trinajstić information content (AvgIpc) is 3.08. The molecule has 3 atom stereocenters. The molecule has 9 heteroatoms. The summed E-state index contributed by atoms with van der Waals surface area (Å²) in [5.41, 5.74) is 0.263. The van der Waals surface area contributed by atoms with Crippen molar-refractivity contribution in [2.45, 2.75) is 38.7 Å². The Morgan fingerprint density at radius 1 is 1.57 bits per heavy atom. The number of aromatic amines is 1. The third-order valence-corrected chi connectivity index (χ3v) is 3.80. The Morgan fingerprint density at radius 3 is 3.00 bits per heavy atom. The fourth-order valence-electron chi connectivity index (χ4n) is 2.57. The van der Waals surface area contributed by atoms with E-state index in [1.165, 1.54) is 6.33 Å². The SMILES string of the molecule is CC(C)CNc1nc2c(ncn2C2CC(O)C(CO)O2)c(=O)[nH]1. The van der Waals surface area contributed by atoms with E-state index >= 15 is 0 Å². The number of nitrogens with zero attached hydrogens (tertiary/aromatic N) is 3. The lowest BCUT2D eigenvalue weighted by Crippen LogP contribution is -2.24. The molecule has 2 aromatic rings. The number of aliphatic hydroxyl groups excluding tert-OH is 2. The first-order valence-electron chi connectivity index (χ1n) is 7.64. The molecule has 126 valence electrons. The van der Waals surface area contributed by atoms with Crippen molar-refractivity contribution in [2.24, 2.45) is 5.92 Å². The van der Waals surface area contributed by atoms with E-state index in [9.17, 15) is 15.0 Å². The number of anilines is 1. The van der Waals surface area contributed by atoms with Gasteiger partial charge in [0.2, 0.25) is 5.95 Å². The number of hydrogen-bond acceptors (Lipinski definition) is 7. The number of imidazole rings is 1. The van der Waals surface area contributed by atoms with E-state index in [4.69, 9.17) is 4.74 Å². The van der Waals surface area contributed by atoms with Gasteiger partial charge in [-0.15, -0.1) is 0 Å². The van der Waals surface area contributed by atoms with Crippen LogP contribution in [0.15, 0.2) is 11.1 Å². The predicted molar refractivity (Wildman–Crippen MR) is 83.1 cm³/mol. The largest absolute Gasteiger partial charge is 0.394 e. The minimum absolute atomic E-state index is 0.214. The van der Waals surface area contributed by atoms with Gasteiger partial charge in [0.05, 0.1) is 19.0 Å². The molecule has 1 fully saturated rings. The predicted octanol–water partition coefficient (Wildman–Crippen LogP) is -0.172. The zero-order valence-electron chi connectivity index (χ0n) is 13.1. The van der Waals surface area contributed by atoms with Crippen LogP contribution < -0.4 is 10.9 Å². The van der Waals surface area contributed by atoms with Gasteiger partial charge in [0.1, 0.15) is 12.3 Å². The summed E-state index contributed by atoms with van der Waals surface area (Å²) in [4.78, 5) is 23.2. The summed E-state index contributed by atoms with van der Waals surface area (Å²) >= 11 is 0. The van der Waals surface area contributed by atoms with E-state index in [1.54, 1.807) is 4.57 Å². The van der Waals surface area contributed by atoms with Crippen molar-refractivity contribution in [3.8, 4) is 0 Å². The first-order valence-corrected chi connectivity index (χ1v) is 7.64. The Balaban J connectivity index is 1.94. The Bertz CT molecular complexity index is 740. The molecule has 1 aliphatic heterocycles. The van der Waals surface area contributed by atoms with Crippen LogP contribution in [0.2, 0.25) is 0 Å². The van der Waals surface area contributed by atoms with Crippen molar-refractivity contribution in [3.05, 3.63) is 16.7 Å². The molecule has 0 aliphatic carbocycles. The molecule has 0 radical (unpaired) electrons. The molecule has 2 aromatic heterocycles. The third-order valence-electron chi connectivity index (χ3n) is 3.80. The van der Waals surface area contributed by atoms with Crippen LogP contribution in [0.5, 0.6) is 0 Å². The van der Waals surface area contributed by atoms with E-state index in [1.807, 2.05) is 0 Å². The Hall–Kier alpha value is -1.97. The van der Waals surface area contributed by atoms with Gasteiger partial charge in [-0.3, -0.25) is 14.3 Å². The quantitative estimate of drug-likeness (QED) is 0.602. The van der Waals surface area contributed by atoms with Gasteiger partial charge in [0.15, 0.2) is 11.2 Å². The maximum Gasteiger partial charge on any atom is 0.280 e. The first kappa shape index (κ1) is 15.9. The van der Waals surface area contributed by atoms with E-state index < -0.39 is 18.4 Å². The van der Waals surface area contributed by atoms with Crippen LogP contribution in [0.1, 0.15) is 26.5 Å². The Morgan fingerprint density at radius 2 is 2.35 bits per heavy atom. The molecular weight excluding hydrogens is 302 g/mol. The minimum atomic E-state index is -0.761. The Labute approximate surface area is 132 Å². The maximum atomic E-state index is 12.1. The third kappa shape index (κ3) is 3.07. The monoisotopic (exact) mass is 323 g/mol. The molecule has 0 bridgehead atoms. The number of nitrogens with one attached hydrogen (secondary N) is 2. The van der Waals surface area contributed by atoms with Gasteiger partial charge in [0, 0.05) is 13.0 Å². The summed E-state index contributed by atoms with van der Waals surface area (Å²) in [5, 5.41) is 22.1. The second kappa shape index (κ2) is 6.26. The highest BCUT2D eigenvalue weighted by Gasteiger charge is 2.35. The number of hydrogen-bond donors (Lipinski definition) is 4.